The second kappa shape index (κ2) is 8.21. The lowest BCUT2D eigenvalue weighted by atomic mass is 10.7. The first-order chi connectivity index (χ1) is 5.81. The molecule has 0 heterocycles. The van der Waals surface area contributed by atoms with Crippen LogP contribution in [0.2, 0.25) is 0 Å². The molecule has 0 atom stereocenters. The van der Waals surface area contributed by atoms with Crippen LogP contribution in [0.15, 0.2) is 0 Å². The Bertz CT molecular complexity index is 109. The number of rotatable bonds is 6. The average Bonchev–Trinajstić information content (AvgIpc) is 2.06. The molecule has 0 aromatic carbocycles. The van der Waals surface area contributed by atoms with Gasteiger partial charge in [0, 0.05) is 13.1 Å². The molecule has 7 heteroatoms. The van der Waals surface area contributed by atoms with Gasteiger partial charge in [-0.15, -0.1) is 0 Å². The molecule has 0 aromatic heterocycles. The third-order valence-corrected chi connectivity index (χ3v) is 0.933. The highest BCUT2D eigenvalue weighted by Crippen LogP contribution is 1.82. The van der Waals surface area contributed by atoms with Crippen molar-refractivity contribution in [3.63, 3.8) is 0 Å². The molecule has 6 N–H and O–H groups in total. The van der Waals surface area contributed by atoms with E-state index in [9.17, 15) is 4.79 Å². The Balaban J connectivity index is 3.10. The molecule has 0 aliphatic carbocycles. The van der Waals surface area contributed by atoms with Gasteiger partial charge in [-0.2, -0.15) is 0 Å². The average molecular weight is 178 g/mol. The summed E-state index contributed by atoms with van der Waals surface area (Å²) in [5, 5.41) is 0. The summed E-state index contributed by atoms with van der Waals surface area (Å²) in [5.41, 5.74) is 4.65. The molecule has 0 saturated heterocycles. The van der Waals surface area contributed by atoms with Crippen LogP contribution in [0.3, 0.4) is 0 Å². The van der Waals surface area contributed by atoms with Crippen LogP contribution >= 0.6 is 0 Å². The molecule has 0 radical (unpaired) electrons. The monoisotopic (exact) mass is 178 g/mol. The number of carbonyl (C=O) groups is 1. The van der Waals surface area contributed by atoms with Gasteiger partial charge in [-0.25, -0.2) is 4.79 Å². The fourth-order valence-electron chi connectivity index (χ4n) is 0.428. The molecule has 0 fully saturated rings. The van der Waals surface area contributed by atoms with Crippen LogP contribution in [0.4, 0.5) is 4.79 Å². The molecule has 72 valence electrons. The molecule has 0 unspecified atom stereocenters. The van der Waals surface area contributed by atoms with Gasteiger partial charge in [0.15, 0.2) is 0 Å². The van der Waals surface area contributed by atoms with Crippen molar-refractivity contribution in [3.8, 4) is 0 Å². The summed E-state index contributed by atoms with van der Waals surface area (Å²) < 4.78 is 9.11. The number of hydrazine groups is 2. The Kier molecular flexibility index (Phi) is 7.60. The second-order valence-corrected chi connectivity index (χ2v) is 1.86. The standard InChI is InChI=1S/C5H14N4O3/c6-8-1-3-11-5(10)12-4-2-9-7/h8-9H,1-4,6-7H2. The van der Waals surface area contributed by atoms with Crippen LogP contribution in [0.5, 0.6) is 0 Å². The Morgan fingerprint density at radius 3 is 1.83 bits per heavy atom. The fraction of sp³-hybridized carbons (Fsp3) is 0.800. The zero-order valence-electron chi connectivity index (χ0n) is 6.71. The normalized spacial score (nSPS) is 9.50. The molecule has 0 amide bonds. The molecule has 0 aliphatic rings. The largest absolute Gasteiger partial charge is 0.508 e. The summed E-state index contributed by atoms with van der Waals surface area (Å²) in [5.74, 6) is 9.86. The molecule has 0 aromatic rings. The van der Waals surface area contributed by atoms with Gasteiger partial charge in [0.05, 0.1) is 0 Å². The fourth-order valence-corrected chi connectivity index (χ4v) is 0.428. The van der Waals surface area contributed by atoms with Crippen LogP contribution in [-0.4, -0.2) is 32.5 Å². The van der Waals surface area contributed by atoms with E-state index in [1.165, 1.54) is 0 Å². The van der Waals surface area contributed by atoms with Crippen molar-refractivity contribution in [3.05, 3.63) is 0 Å². The lowest BCUT2D eigenvalue weighted by Crippen LogP contribution is -2.29. The Hall–Kier alpha value is -0.890. The highest BCUT2D eigenvalue weighted by Gasteiger charge is 2.00. The minimum atomic E-state index is -0.722. The summed E-state index contributed by atoms with van der Waals surface area (Å²) in [6.45, 7) is 1.16. The van der Waals surface area contributed by atoms with Crippen LogP contribution in [-0.2, 0) is 9.47 Å². The van der Waals surface area contributed by atoms with Crippen molar-refractivity contribution >= 4 is 6.16 Å². The van der Waals surface area contributed by atoms with Crippen molar-refractivity contribution in [1.29, 1.82) is 0 Å². The molecule has 0 bridgehead atoms. The summed E-state index contributed by atoms with van der Waals surface area (Å²) in [6.07, 6.45) is -0.722. The van der Waals surface area contributed by atoms with Crippen LogP contribution < -0.4 is 22.5 Å². The minimum Gasteiger partial charge on any atom is -0.433 e. The number of nitrogens with two attached hydrogens (primary N) is 2. The van der Waals surface area contributed by atoms with E-state index in [4.69, 9.17) is 11.7 Å². The van der Waals surface area contributed by atoms with Gasteiger partial charge in [0.2, 0.25) is 0 Å². The first kappa shape index (κ1) is 11.1. The van der Waals surface area contributed by atoms with Gasteiger partial charge in [-0.1, -0.05) is 0 Å². The number of nitrogens with one attached hydrogen (secondary N) is 2. The molecular formula is C5H14N4O3. The molecule has 0 saturated carbocycles. The van der Waals surface area contributed by atoms with Crippen molar-refractivity contribution in [2.45, 2.75) is 0 Å². The summed E-state index contributed by atoms with van der Waals surface area (Å²) in [4.78, 5) is 10.6. The third kappa shape index (κ3) is 7.22. The summed E-state index contributed by atoms with van der Waals surface area (Å²) >= 11 is 0. The zero-order chi connectivity index (χ0) is 9.23. The quantitative estimate of drug-likeness (QED) is 0.162. The van der Waals surface area contributed by atoms with Crippen LogP contribution in [0.25, 0.3) is 0 Å². The number of hydrogen-bond donors (Lipinski definition) is 4. The zero-order valence-corrected chi connectivity index (χ0v) is 6.71. The minimum absolute atomic E-state index is 0.186. The van der Waals surface area contributed by atoms with Crippen molar-refractivity contribution in [2.24, 2.45) is 11.7 Å². The maximum Gasteiger partial charge on any atom is 0.508 e. The van der Waals surface area contributed by atoms with Gasteiger partial charge >= 0.3 is 6.16 Å². The van der Waals surface area contributed by atoms with E-state index >= 15 is 0 Å². The van der Waals surface area contributed by atoms with E-state index in [0.717, 1.165) is 0 Å². The molecule has 0 aliphatic heterocycles. The molecular weight excluding hydrogens is 164 g/mol. The maximum absolute atomic E-state index is 10.6. The number of ether oxygens (including phenoxy) is 2. The van der Waals surface area contributed by atoms with Crippen LogP contribution in [0.1, 0.15) is 0 Å². The third-order valence-electron chi connectivity index (χ3n) is 0.933. The Labute approximate surface area is 70.3 Å². The molecule has 7 nitrogen and oxygen atoms in total. The summed E-state index contributed by atoms with van der Waals surface area (Å²) in [6, 6.07) is 0. The van der Waals surface area contributed by atoms with E-state index in [-0.39, 0.29) is 13.2 Å². The van der Waals surface area contributed by atoms with Gasteiger partial charge in [-0.3, -0.25) is 22.5 Å². The van der Waals surface area contributed by atoms with Crippen molar-refractivity contribution in [2.75, 3.05) is 26.3 Å². The van der Waals surface area contributed by atoms with Gasteiger partial charge in [0.1, 0.15) is 13.2 Å². The second-order valence-electron chi connectivity index (χ2n) is 1.86. The lowest BCUT2D eigenvalue weighted by Gasteiger charge is -2.04. The highest BCUT2D eigenvalue weighted by molar-refractivity contribution is 5.59. The van der Waals surface area contributed by atoms with Gasteiger partial charge in [0.25, 0.3) is 0 Å². The van der Waals surface area contributed by atoms with Crippen molar-refractivity contribution < 1.29 is 14.3 Å². The van der Waals surface area contributed by atoms with Crippen molar-refractivity contribution in [1.82, 2.24) is 10.9 Å². The van der Waals surface area contributed by atoms with E-state index in [1.54, 1.807) is 0 Å². The van der Waals surface area contributed by atoms with E-state index in [0.29, 0.717) is 13.1 Å². The van der Waals surface area contributed by atoms with Gasteiger partial charge < -0.3 is 9.47 Å². The highest BCUT2D eigenvalue weighted by atomic mass is 16.7. The molecule has 0 spiro atoms. The molecule has 0 rings (SSSR count). The predicted molar refractivity (Wildman–Crippen MR) is 41.7 cm³/mol. The SMILES string of the molecule is NNCCOC(=O)OCCNN. The van der Waals surface area contributed by atoms with E-state index in [1.807, 2.05) is 0 Å². The topological polar surface area (TPSA) is 112 Å². The molecule has 12 heavy (non-hydrogen) atoms. The number of hydrogen-bond acceptors (Lipinski definition) is 7. The van der Waals surface area contributed by atoms with Crippen LogP contribution in [0, 0.1) is 0 Å². The summed E-state index contributed by atoms with van der Waals surface area (Å²) in [7, 11) is 0. The maximum atomic E-state index is 10.6. The predicted octanol–water partition coefficient (Wildman–Crippen LogP) is -1.93. The van der Waals surface area contributed by atoms with E-state index < -0.39 is 6.16 Å². The van der Waals surface area contributed by atoms with E-state index in [2.05, 4.69) is 20.3 Å². The Morgan fingerprint density at radius 1 is 1.08 bits per heavy atom. The first-order valence-corrected chi connectivity index (χ1v) is 3.47. The van der Waals surface area contributed by atoms with Gasteiger partial charge in [-0.05, 0) is 0 Å². The number of carbonyl (C=O) groups excluding carboxylic acids is 1. The Morgan fingerprint density at radius 2 is 1.50 bits per heavy atom. The first-order valence-electron chi connectivity index (χ1n) is 3.47. The lowest BCUT2D eigenvalue weighted by molar-refractivity contribution is 0.0568. The smallest absolute Gasteiger partial charge is 0.433 e.